The molecule has 0 aliphatic heterocycles. The third kappa shape index (κ3) is 6.32. The van der Waals surface area contributed by atoms with E-state index < -0.39 is 0 Å². The first-order valence-electron chi connectivity index (χ1n) is 7.83. The van der Waals surface area contributed by atoms with Gasteiger partial charge in [-0.3, -0.25) is 4.79 Å². The lowest BCUT2D eigenvalue weighted by atomic mass is 10.0. The van der Waals surface area contributed by atoms with Crippen LogP contribution in [-0.4, -0.2) is 11.9 Å². The van der Waals surface area contributed by atoms with Crippen molar-refractivity contribution in [1.29, 1.82) is 0 Å². The van der Waals surface area contributed by atoms with E-state index in [9.17, 15) is 4.79 Å². The van der Waals surface area contributed by atoms with Crippen molar-refractivity contribution < 1.29 is 9.53 Å². The van der Waals surface area contributed by atoms with E-state index in [-0.39, 0.29) is 30.3 Å². The summed E-state index contributed by atoms with van der Waals surface area (Å²) >= 11 is 0. The molecule has 2 unspecified atom stereocenters. The van der Waals surface area contributed by atoms with Gasteiger partial charge in [0.15, 0.2) is 0 Å². The molecule has 2 aromatic rings. The van der Waals surface area contributed by atoms with Crippen molar-refractivity contribution in [1.82, 2.24) is 0 Å². The Morgan fingerprint density at radius 3 is 2.08 bits per heavy atom. The predicted molar refractivity (Wildman–Crippen MR) is 100 cm³/mol. The molecule has 0 aromatic heterocycles. The Labute approximate surface area is 149 Å². The molecule has 0 heterocycles. The number of anilines is 1. The quantitative estimate of drug-likeness (QED) is 0.801. The van der Waals surface area contributed by atoms with Gasteiger partial charge in [-0.15, -0.1) is 12.4 Å². The minimum atomic E-state index is -0.219. The van der Waals surface area contributed by atoms with Crippen LogP contribution in [0.25, 0.3) is 0 Å². The van der Waals surface area contributed by atoms with Gasteiger partial charge < -0.3 is 15.8 Å². The smallest absolute Gasteiger partial charge is 0.228 e. The normalized spacial score (nSPS) is 12.8. The van der Waals surface area contributed by atoms with E-state index in [0.717, 1.165) is 16.8 Å². The van der Waals surface area contributed by atoms with Crippen LogP contribution in [-0.2, 0) is 22.7 Å². The van der Waals surface area contributed by atoms with E-state index in [2.05, 4.69) is 5.32 Å². The summed E-state index contributed by atoms with van der Waals surface area (Å²) in [5, 5.41) is 2.87. The van der Waals surface area contributed by atoms with Crippen LogP contribution in [0, 0.1) is 5.92 Å². The Kier molecular flexibility index (Phi) is 8.47. The largest absolute Gasteiger partial charge is 0.372 e. The lowest BCUT2D eigenvalue weighted by Gasteiger charge is -2.15. The zero-order valence-electron chi connectivity index (χ0n) is 14.1. The lowest BCUT2D eigenvalue weighted by Crippen LogP contribution is -2.34. The van der Waals surface area contributed by atoms with E-state index in [1.807, 2.05) is 68.4 Å². The molecule has 0 fully saturated rings. The molecule has 2 aromatic carbocycles. The summed E-state index contributed by atoms with van der Waals surface area (Å²) in [6.45, 7) is 4.79. The highest BCUT2D eigenvalue weighted by atomic mass is 35.5. The van der Waals surface area contributed by atoms with Gasteiger partial charge in [-0.1, -0.05) is 49.4 Å². The number of ether oxygens (including phenoxy) is 1. The molecular weight excluding hydrogens is 324 g/mol. The van der Waals surface area contributed by atoms with Crippen molar-refractivity contribution >= 4 is 24.0 Å². The molecule has 2 rings (SSSR count). The van der Waals surface area contributed by atoms with Gasteiger partial charge in [0, 0.05) is 11.7 Å². The first-order valence-corrected chi connectivity index (χ1v) is 7.83. The van der Waals surface area contributed by atoms with Gasteiger partial charge in [0.05, 0.1) is 19.1 Å². The Balaban J connectivity index is 0.00000288. The number of nitrogens with two attached hydrogens (primary N) is 1. The first kappa shape index (κ1) is 20.2. The molecule has 0 radical (unpaired) electrons. The minimum Gasteiger partial charge on any atom is -0.372 e. The van der Waals surface area contributed by atoms with Gasteiger partial charge in [0.1, 0.15) is 0 Å². The molecule has 0 aliphatic rings. The highest BCUT2D eigenvalue weighted by molar-refractivity contribution is 5.92. The van der Waals surface area contributed by atoms with E-state index >= 15 is 0 Å². The second-order valence-electron chi connectivity index (χ2n) is 5.81. The molecule has 24 heavy (non-hydrogen) atoms. The molecule has 130 valence electrons. The fraction of sp³-hybridized carbons (Fsp3) is 0.316. The van der Waals surface area contributed by atoms with E-state index in [1.54, 1.807) is 0 Å². The van der Waals surface area contributed by atoms with E-state index in [4.69, 9.17) is 10.5 Å². The summed E-state index contributed by atoms with van der Waals surface area (Å²) in [5.74, 6) is -0.281. The number of rotatable bonds is 7. The maximum atomic E-state index is 12.0. The van der Waals surface area contributed by atoms with Crippen molar-refractivity contribution in [2.45, 2.75) is 33.1 Å². The Morgan fingerprint density at radius 1 is 1.00 bits per heavy atom. The number of carbonyl (C=O) groups is 1. The summed E-state index contributed by atoms with van der Waals surface area (Å²) in [4.78, 5) is 12.0. The van der Waals surface area contributed by atoms with Crippen LogP contribution < -0.4 is 11.1 Å². The SMILES string of the molecule is CC(N)C(C)C(=O)Nc1ccc(COCc2ccccc2)cc1.Cl. The summed E-state index contributed by atoms with van der Waals surface area (Å²) in [7, 11) is 0. The van der Waals surface area contributed by atoms with Crippen molar-refractivity contribution in [3.05, 3.63) is 65.7 Å². The molecular formula is C19H25ClN2O2. The topological polar surface area (TPSA) is 64.4 Å². The zero-order chi connectivity index (χ0) is 16.7. The van der Waals surface area contributed by atoms with Crippen LogP contribution >= 0.6 is 12.4 Å². The predicted octanol–water partition coefficient (Wildman–Crippen LogP) is 3.75. The highest BCUT2D eigenvalue weighted by Gasteiger charge is 2.16. The average Bonchev–Trinajstić information content (AvgIpc) is 2.56. The van der Waals surface area contributed by atoms with Crippen LogP contribution in [0.3, 0.4) is 0 Å². The standard InChI is InChI=1S/C19H24N2O2.ClH/c1-14(15(2)20)19(22)21-18-10-8-17(9-11-18)13-23-12-16-6-4-3-5-7-16;/h3-11,14-15H,12-13,20H2,1-2H3,(H,21,22);1H. The van der Waals surface area contributed by atoms with Crippen LogP contribution in [0.15, 0.2) is 54.6 Å². The summed E-state index contributed by atoms with van der Waals surface area (Å²) in [6.07, 6.45) is 0. The maximum absolute atomic E-state index is 12.0. The lowest BCUT2D eigenvalue weighted by molar-refractivity contribution is -0.119. The van der Waals surface area contributed by atoms with Crippen LogP contribution in [0.4, 0.5) is 5.69 Å². The Morgan fingerprint density at radius 2 is 1.54 bits per heavy atom. The van der Waals surface area contributed by atoms with Crippen molar-refractivity contribution in [3.63, 3.8) is 0 Å². The highest BCUT2D eigenvalue weighted by Crippen LogP contribution is 2.13. The zero-order valence-corrected chi connectivity index (χ0v) is 14.9. The van der Waals surface area contributed by atoms with Gasteiger partial charge in [0.25, 0.3) is 0 Å². The van der Waals surface area contributed by atoms with Gasteiger partial charge in [-0.05, 0) is 30.2 Å². The van der Waals surface area contributed by atoms with Gasteiger partial charge >= 0.3 is 0 Å². The van der Waals surface area contributed by atoms with Gasteiger partial charge in [-0.2, -0.15) is 0 Å². The van der Waals surface area contributed by atoms with Crippen LogP contribution in [0.1, 0.15) is 25.0 Å². The fourth-order valence-electron chi connectivity index (χ4n) is 2.04. The third-order valence-electron chi connectivity index (χ3n) is 3.80. The maximum Gasteiger partial charge on any atom is 0.228 e. The minimum absolute atomic E-state index is 0. The van der Waals surface area contributed by atoms with E-state index in [1.165, 1.54) is 0 Å². The molecule has 1 amide bonds. The second kappa shape index (κ2) is 10.1. The van der Waals surface area contributed by atoms with Gasteiger partial charge in [-0.25, -0.2) is 0 Å². The third-order valence-corrected chi connectivity index (χ3v) is 3.80. The molecule has 5 heteroatoms. The number of halogens is 1. The molecule has 0 bridgehead atoms. The molecule has 3 N–H and O–H groups in total. The van der Waals surface area contributed by atoms with Crippen molar-refractivity contribution in [3.8, 4) is 0 Å². The number of hydrogen-bond acceptors (Lipinski definition) is 3. The van der Waals surface area contributed by atoms with Crippen molar-refractivity contribution in [2.24, 2.45) is 11.7 Å². The van der Waals surface area contributed by atoms with Crippen LogP contribution in [0.2, 0.25) is 0 Å². The molecule has 0 saturated carbocycles. The Bertz CT molecular complexity index is 615. The summed E-state index contributed by atoms with van der Waals surface area (Å²) in [6, 6.07) is 17.6. The number of hydrogen-bond donors (Lipinski definition) is 2. The number of benzene rings is 2. The van der Waals surface area contributed by atoms with Crippen LogP contribution in [0.5, 0.6) is 0 Å². The molecule has 4 nitrogen and oxygen atoms in total. The average molecular weight is 349 g/mol. The second-order valence-corrected chi connectivity index (χ2v) is 5.81. The molecule has 2 atom stereocenters. The van der Waals surface area contributed by atoms with E-state index in [0.29, 0.717) is 13.2 Å². The number of amides is 1. The monoisotopic (exact) mass is 348 g/mol. The van der Waals surface area contributed by atoms with Gasteiger partial charge in [0.2, 0.25) is 5.91 Å². The van der Waals surface area contributed by atoms with Crippen molar-refractivity contribution in [2.75, 3.05) is 5.32 Å². The fourth-order valence-corrected chi connectivity index (χ4v) is 2.04. The molecule has 0 spiro atoms. The summed E-state index contributed by atoms with van der Waals surface area (Å²) in [5.41, 5.74) is 8.74. The molecule has 0 saturated heterocycles. The first-order chi connectivity index (χ1) is 11.1. The summed E-state index contributed by atoms with van der Waals surface area (Å²) < 4.78 is 5.69. The number of carbonyl (C=O) groups excluding carboxylic acids is 1. The Hall–Kier alpha value is -1.88. The number of nitrogens with one attached hydrogen (secondary N) is 1. The molecule has 0 aliphatic carbocycles.